The average molecular weight is 238 g/mol. The molecule has 2 aromatic carbocycles. The smallest absolute Gasteiger partial charge is 0.0872 e. The van der Waals surface area contributed by atoms with E-state index in [2.05, 4.69) is 54.5 Å². The van der Waals surface area contributed by atoms with Gasteiger partial charge in [-0.2, -0.15) is 0 Å². The standard InChI is InChI=1S/C16H18N2/c1-13-7-6-8-14(2)16(13)18-12-17-11-15-9-4-3-5-10-15/h3-10,12H,11H2,1-2H3,(H,17,18). The van der Waals surface area contributed by atoms with Crippen molar-refractivity contribution in [2.45, 2.75) is 20.4 Å². The molecule has 2 rings (SSSR count). The van der Waals surface area contributed by atoms with E-state index in [0.717, 1.165) is 5.69 Å². The van der Waals surface area contributed by atoms with Gasteiger partial charge in [-0.1, -0.05) is 48.5 Å². The van der Waals surface area contributed by atoms with Crippen molar-refractivity contribution in [1.29, 1.82) is 0 Å². The van der Waals surface area contributed by atoms with Crippen molar-refractivity contribution in [3.63, 3.8) is 0 Å². The van der Waals surface area contributed by atoms with Crippen LogP contribution in [0.25, 0.3) is 0 Å². The molecule has 0 aliphatic rings. The average Bonchev–Trinajstić information content (AvgIpc) is 2.38. The third kappa shape index (κ3) is 3.20. The van der Waals surface area contributed by atoms with E-state index in [1.807, 2.05) is 18.2 Å². The summed E-state index contributed by atoms with van der Waals surface area (Å²) < 4.78 is 0. The minimum Gasteiger partial charge on any atom is -0.346 e. The van der Waals surface area contributed by atoms with Gasteiger partial charge in [0.05, 0.1) is 12.9 Å². The molecule has 0 atom stereocenters. The van der Waals surface area contributed by atoms with E-state index in [1.165, 1.54) is 16.7 Å². The molecule has 0 fully saturated rings. The Kier molecular flexibility index (Phi) is 4.13. The Balaban J connectivity index is 1.96. The molecule has 0 amide bonds. The Morgan fingerprint density at radius 3 is 2.28 bits per heavy atom. The molecule has 0 unspecified atom stereocenters. The van der Waals surface area contributed by atoms with Gasteiger partial charge in [-0.25, -0.2) is 0 Å². The van der Waals surface area contributed by atoms with Crippen LogP contribution in [0.5, 0.6) is 0 Å². The number of aryl methyl sites for hydroxylation is 2. The number of benzene rings is 2. The predicted molar refractivity (Wildman–Crippen MR) is 78.2 cm³/mol. The van der Waals surface area contributed by atoms with E-state index < -0.39 is 0 Å². The molecule has 18 heavy (non-hydrogen) atoms. The Labute approximate surface area is 108 Å². The lowest BCUT2D eigenvalue weighted by Gasteiger charge is -2.08. The maximum atomic E-state index is 4.38. The van der Waals surface area contributed by atoms with Crippen molar-refractivity contribution in [3.8, 4) is 0 Å². The van der Waals surface area contributed by atoms with E-state index in [9.17, 15) is 0 Å². The second-order valence-corrected chi connectivity index (χ2v) is 4.37. The minimum atomic E-state index is 0.707. The van der Waals surface area contributed by atoms with E-state index in [-0.39, 0.29) is 0 Å². The summed E-state index contributed by atoms with van der Waals surface area (Å²) in [4.78, 5) is 4.38. The summed E-state index contributed by atoms with van der Waals surface area (Å²) in [6.07, 6.45) is 1.78. The van der Waals surface area contributed by atoms with Gasteiger partial charge in [0.1, 0.15) is 0 Å². The van der Waals surface area contributed by atoms with Crippen LogP contribution in [-0.2, 0) is 6.54 Å². The highest BCUT2D eigenvalue weighted by atomic mass is 14.9. The molecule has 0 aromatic heterocycles. The highest BCUT2D eigenvalue weighted by Crippen LogP contribution is 2.18. The topological polar surface area (TPSA) is 24.4 Å². The first-order valence-electron chi connectivity index (χ1n) is 6.12. The fraction of sp³-hybridized carbons (Fsp3) is 0.188. The Morgan fingerprint density at radius 2 is 1.61 bits per heavy atom. The van der Waals surface area contributed by atoms with Gasteiger partial charge in [0.25, 0.3) is 0 Å². The maximum Gasteiger partial charge on any atom is 0.0872 e. The van der Waals surface area contributed by atoms with Gasteiger partial charge < -0.3 is 5.32 Å². The number of para-hydroxylation sites is 1. The van der Waals surface area contributed by atoms with E-state index in [4.69, 9.17) is 0 Å². The Morgan fingerprint density at radius 1 is 0.944 bits per heavy atom. The molecule has 0 saturated heterocycles. The number of anilines is 1. The summed E-state index contributed by atoms with van der Waals surface area (Å²) in [6.45, 7) is 4.90. The molecular formula is C16H18N2. The quantitative estimate of drug-likeness (QED) is 0.633. The third-order valence-corrected chi connectivity index (χ3v) is 2.90. The van der Waals surface area contributed by atoms with Crippen LogP contribution < -0.4 is 5.32 Å². The first-order valence-corrected chi connectivity index (χ1v) is 6.12. The van der Waals surface area contributed by atoms with Crippen molar-refractivity contribution >= 4 is 12.0 Å². The van der Waals surface area contributed by atoms with Gasteiger partial charge in [0, 0.05) is 5.69 Å². The van der Waals surface area contributed by atoms with E-state index in [0.29, 0.717) is 6.54 Å². The van der Waals surface area contributed by atoms with Gasteiger partial charge in [-0.15, -0.1) is 0 Å². The molecule has 0 spiro atoms. The second kappa shape index (κ2) is 6.01. The summed E-state index contributed by atoms with van der Waals surface area (Å²) in [7, 11) is 0. The molecule has 0 heterocycles. The molecule has 1 N–H and O–H groups in total. The fourth-order valence-electron chi connectivity index (χ4n) is 1.89. The van der Waals surface area contributed by atoms with Crippen molar-refractivity contribution in [1.82, 2.24) is 0 Å². The number of aliphatic imine (C=N–C) groups is 1. The fourth-order valence-corrected chi connectivity index (χ4v) is 1.89. The highest BCUT2D eigenvalue weighted by Gasteiger charge is 1.98. The summed E-state index contributed by atoms with van der Waals surface area (Å²) in [5.74, 6) is 0. The normalized spacial score (nSPS) is 10.8. The van der Waals surface area contributed by atoms with Crippen LogP contribution in [0.3, 0.4) is 0 Å². The van der Waals surface area contributed by atoms with Crippen molar-refractivity contribution in [2.24, 2.45) is 4.99 Å². The van der Waals surface area contributed by atoms with Crippen LogP contribution in [0.4, 0.5) is 5.69 Å². The van der Waals surface area contributed by atoms with Gasteiger partial charge in [-0.3, -0.25) is 4.99 Å². The van der Waals surface area contributed by atoms with Crippen LogP contribution in [0.2, 0.25) is 0 Å². The number of hydrogen-bond donors (Lipinski definition) is 1. The molecule has 0 aliphatic heterocycles. The number of rotatable bonds is 4. The molecule has 0 saturated carbocycles. The summed E-state index contributed by atoms with van der Waals surface area (Å²) in [5, 5.41) is 3.26. The molecular weight excluding hydrogens is 220 g/mol. The number of nitrogens with one attached hydrogen (secondary N) is 1. The first kappa shape index (κ1) is 12.4. The maximum absolute atomic E-state index is 4.38. The third-order valence-electron chi connectivity index (χ3n) is 2.90. The zero-order valence-electron chi connectivity index (χ0n) is 10.9. The zero-order chi connectivity index (χ0) is 12.8. The van der Waals surface area contributed by atoms with Gasteiger partial charge in [-0.05, 0) is 30.5 Å². The Bertz CT molecular complexity index is 510. The lowest BCUT2D eigenvalue weighted by atomic mass is 10.1. The van der Waals surface area contributed by atoms with Crippen LogP contribution in [0.1, 0.15) is 16.7 Å². The molecule has 2 aromatic rings. The van der Waals surface area contributed by atoms with Crippen LogP contribution in [0, 0.1) is 13.8 Å². The van der Waals surface area contributed by atoms with Crippen LogP contribution >= 0.6 is 0 Å². The van der Waals surface area contributed by atoms with Crippen molar-refractivity contribution < 1.29 is 0 Å². The van der Waals surface area contributed by atoms with E-state index >= 15 is 0 Å². The molecule has 2 nitrogen and oxygen atoms in total. The lowest BCUT2D eigenvalue weighted by molar-refractivity contribution is 1.08. The van der Waals surface area contributed by atoms with Gasteiger partial charge >= 0.3 is 0 Å². The zero-order valence-corrected chi connectivity index (χ0v) is 10.9. The lowest BCUT2D eigenvalue weighted by Crippen LogP contribution is -1.99. The van der Waals surface area contributed by atoms with Crippen LogP contribution in [-0.4, -0.2) is 6.34 Å². The van der Waals surface area contributed by atoms with Crippen molar-refractivity contribution in [3.05, 3.63) is 65.2 Å². The van der Waals surface area contributed by atoms with E-state index in [1.54, 1.807) is 6.34 Å². The predicted octanol–water partition coefficient (Wildman–Crippen LogP) is 3.94. The molecule has 92 valence electrons. The second-order valence-electron chi connectivity index (χ2n) is 4.37. The Hall–Kier alpha value is -2.09. The highest BCUT2D eigenvalue weighted by molar-refractivity contribution is 5.78. The number of nitrogens with zero attached hydrogens (tertiary/aromatic N) is 1. The summed E-state index contributed by atoms with van der Waals surface area (Å²) in [6, 6.07) is 16.5. The molecule has 2 heteroatoms. The van der Waals surface area contributed by atoms with Gasteiger partial charge in [0.15, 0.2) is 0 Å². The monoisotopic (exact) mass is 238 g/mol. The molecule has 0 aliphatic carbocycles. The largest absolute Gasteiger partial charge is 0.346 e. The molecule has 0 bridgehead atoms. The summed E-state index contributed by atoms with van der Waals surface area (Å²) in [5.41, 5.74) is 4.84. The number of hydrogen-bond acceptors (Lipinski definition) is 1. The SMILES string of the molecule is Cc1cccc(C)c1NC=NCc1ccccc1. The first-order chi connectivity index (χ1) is 8.77. The summed E-state index contributed by atoms with van der Waals surface area (Å²) >= 11 is 0. The molecule has 0 radical (unpaired) electrons. The minimum absolute atomic E-state index is 0.707. The van der Waals surface area contributed by atoms with Gasteiger partial charge in [0.2, 0.25) is 0 Å². The van der Waals surface area contributed by atoms with Crippen LogP contribution in [0.15, 0.2) is 53.5 Å². The van der Waals surface area contributed by atoms with Crippen molar-refractivity contribution in [2.75, 3.05) is 5.32 Å².